The Kier molecular flexibility index (Phi) is 6.44. The van der Waals surface area contributed by atoms with Gasteiger partial charge in [-0.1, -0.05) is 17.7 Å². The summed E-state index contributed by atoms with van der Waals surface area (Å²) in [5, 5.41) is 2.06. The maximum absolute atomic E-state index is 14.4. The molecule has 0 aromatic heterocycles. The van der Waals surface area contributed by atoms with Crippen LogP contribution in [0.1, 0.15) is 11.1 Å². The first-order valence-electron chi connectivity index (χ1n) is 8.72. The van der Waals surface area contributed by atoms with E-state index in [1.807, 2.05) is 4.90 Å². The van der Waals surface area contributed by atoms with Gasteiger partial charge in [-0.05, 0) is 42.0 Å². The quantitative estimate of drug-likeness (QED) is 0.551. The lowest BCUT2D eigenvalue weighted by Crippen LogP contribution is -2.36. The molecule has 1 aliphatic rings. The third-order valence-corrected chi connectivity index (χ3v) is 4.62. The molecule has 3 rings (SSSR count). The SMILES string of the molecule is O=C(/C=C/c1ccc(Cl)c(C(F)(F)F)c1)Nc1ccc(N2CCOCC2)c(F)c1. The van der Waals surface area contributed by atoms with Gasteiger partial charge in [0, 0.05) is 24.9 Å². The highest BCUT2D eigenvalue weighted by Gasteiger charge is 2.33. The zero-order chi connectivity index (χ0) is 21.0. The average Bonchev–Trinajstić information content (AvgIpc) is 2.67. The molecule has 1 heterocycles. The Labute approximate surface area is 169 Å². The Balaban J connectivity index is 1.67. The first kappa shape index (κ1) is 21.1. The van der Waals surface area contributed by atoms with Gasteiger partial charge in [0.25, 0.3) is 0 Å². The second-order valence-electron chi connectivity index (χ2n) is 6.33. The van der Waals surface area contributed by atoms with Crippen LogP contribution in [-0.2, 0) is 15.7 Å². The summed E-state index contributed by atoms with van der Waals surface area (Å²) in [7, 11) is 0. The van der Waals surface area contributed by atoms with Crippen molar-refractivity contribution in [2.24, 2.45) is 0 Å². The number of anilines is 2. The molecule has 0 bridgehead atoms. The largest absolute Gasteiger partial charge is 0.417 e. The fourth-order valence-electron chi connectivity index (χ4n) is 2.86. The second-order valence-corrected chi connectivity index (χ2v) is 6.73. The maximum Gasteiger partial charge on any atom is 0.417 e. The van der Waals surface area contributed by atoms with E-state index in [-0.39, 0.29) is 11.3 Å². The van der Waals surface area contributed by atoms with Gasteiger partial charge in [-0.3, -0.25) is 4.79 Å². The zero-order valence-electron chi connectivity index (χ0n) is 15.1. The number of ether oxygens (including phenoxy) is 1. The van der Waals surface area contributed by atoms with Gasteiger partial charge in [-0.15, -0.1) is 0 Å². The number of hydrogen-bond donors (Lipinski definition) is 1. The number of hydrogen-bond acceptors (Lipinski definition) is 3. The molecule has 1 aliphatic heterocycles. The molecule has 29 heavy (non-hydrogen) atoms. The van der Waals surface area contributed by atoms with Crippen molar-refractivity contribution < 1.29 is 27.1 Å². The first-order valence-corrected chi connectivity index (χ1v) is 9.10. The lowest BCUT2D eigenvalue weighted by atomic mass is 10.1. The third-order valence-electron chi connectivity index (χ3n) is 4.29. The summed E-state index contributed by atoms with van der Waals surface area (Å²) in [6, 6.07) is 7.64. The Bertz CT molecular complexity index is 925. The lowest BCUT2D eigenvalue weighted by Gasteiger charge is -2.29. The number of morpholine rings is 1. The van der Waals surface area contributed by atoms with Gasteiger partial charge in [0.05, 0.1) is 29.5 Å². The molecule has 2 aromatic carbocycles. The Morgan fingerprint density at radius 3 is 2.52 bits per heavy atom. The lowest BCUT2D eigenvalue weighted by molar-refractivity contribution is -0.137. The molecule has 1 N–H and O–H groups in total. The van der Waals surface area contributed by atoms with Crippen molar-refractivity contribution in [3.05, 3.63) is 64.4 Å². The van der Waals surface area contributed by atoms with Crippen LogP contribution in [0.4, 0.5) is 28.9 Å². The van der Waals surface area contributed by atoms with Crippen molar-refractivity contribution in [1.82, 2.24) is 0 Å². The Morgan fingerprint density at radius 1 is 1.14 bits per heavy atom. The van der Waals surface area contributed by atoms with Crippen LogP contribution in [0.15, 0.2) is 42.5 Å². The minimum absolute atomic E-state index is 0.158. The molecule has 0 saturated carbocycles. The molecule has 4 nitrogen and oxygen atoms in total. The van der Waals surface area contributed by atoms with Crippen molar-refractivity contribution in [2.75, 3.05) is 36.5 Å². The van der Waals surface area contributed by atoms with Crippen LogP contribution in [0.3, 0.4) is 0 Å². The highest BCUT2D eigenvalue weighted by atomic mass is 35.5. The van der Waals surface area contributed by atoms with Gasteiger partial charge in [0.15, 0.2) is 0 Å². The molecule has 2 aromatic rings. The minimum atomic E-state index is -4.59. The predicted octanol–water partition coefficient (Wildman–Crippen LogP) is 4.99. The number of amides is 1. The molecule has 1 amide bonds. The van der Waals surface area contributed by atoms with Gasteiger partial charge in [-0.25, -0.2) is 4.39 Å². The highest BCUT2D eigenvalue weighted by Crippen LogP contribution is 2.35. The summed E-state index contributed by atoms with van der Waals surface area (Å²) in [4.78, 5) is 13.9. The molecule has 0 unspecified atom stereocenters. The van der Waals surface area contributed by atoms with Crippen LogP contribution in [0.25, 0.3) is 6.08 Å². The van der Waals surface area contributed by atoms with Crippen molar-refractivity contribution in [2.45, 2.75) is 6.18 Å². The number of benzene rings is 2. The molecule has 0 atom stereocenters. The summed E-state index contributed by atoms with van der Waals surface area (Å²) in [6.45, 7) is 2.19. The molecular weight excluding hydrogens is 412 g/mol. The summed E-state index contributed by atoms with van der Waals surface area (Å²) in [5.74, 6) is -1.09. The summed E-state index contributed by atoms with van der Waals surface area (Å²) in [5.41, 5.74) is -0.169. The van der Waals surface area contributed by atoms with E-state index in [9.17, 15) is 22.4 Å². The summed E-state index contributed by atoms with van der Waals surface area (Å²) < 4.78 is 58.3. The molecule has 0 radical (unpaired) electrons. The van der Waals surface area contributed by atoms with E-state index in [4.69, 9.17) is 16.3 Å². The van der Waals surface area contributed by atoms with Crippen LogP contribution in [0, 0.1) is 5.82 Å². The molecule has 1 saturated heterocycles. The van der Waals surface area contributed by atoms with Crippen molar-refractivity contribution in [3.8, 4) is 0 Å². The second kappa shape index (κ2) is 8.84. The zero-order valence-corrected chi connectivity index (χ0v) is 15.9. The van der Waals surface area contributed by atoms with Crippen LogP contribution < -0.4 is 10.2 Å². The topological polar surface area (TPSA) is 41.6 Å². The van der Waals surface area contributed by atoms with Gasteiger partial charge >= 0.3 is 6.18 Å². The van der Waals surface area contributed by atoms with Gasteiger partial charge in [0.1, 0.15) is 5.82 Å². The number of halogens is 5. The normalized spacial score (nSPS) is 15.0. The van der Waals surface area contributed by atoms with Crippen LogP contribution >= 0.6 is 11.6 Å². The van der Waals surface area contributed by atoms with E-state index in [0.717, 1.165) is 18.2 Å². The molecule has 0 aliphatic carbocycles. The van der Waals surface area contributed by atoms with Crippen LogP contribution in [0.5, 0.6) is 0 Å². The Morgan fingerprint density at radius 2 is 1.86 bits per heavy atom. The predicted molar refractivity (Wildman–Crippen MR) is 104 cm³/mol. The monoisotopic (exact) mass is 428 g/mol. The van der Waals surface area contributed by atoms with Crippen molar-refractivity contribution in [3.63, 3.8) is 0 Å². The number of nitrogens with one attached hydrogen (secondary N) is 1. The molecule has 154 valence electrons. The van der Waals surface area contributed by atoms with Crippen LogP contribution in [0.2, 0.25) is 5.02 Å². The number of carbonyl (C=O) groups excluding carboxylic acids is 1. The van der Waals surface area contributed by atoms with E-state index in [0.29, 0.717) is 32.0 Å². The van der Waals surface area contributed by atoms with E-state index in [2.05, 4.69) is 5.32 Å². The van der Waals surface area contributed by atoms with E-state index < -0.39 is 28.5 Å². The standard InChI is InChI=1S/C20H17ClF4N2O2/c21-16-4-1-13(11-15(16)20(23,24)25)2-6-19(28)26-14-3-5-18(17(22)12-14)27-7-9-29-10-8-27/h1-6,11-12H,7-10H2,(H,26,28)/b6-2+. The molecular formula is C20H17ClF4N2O2. The number of rotatable bonds is 4. The summed E-state index contributed by atoms with van der Waals surface area (Å²) >= 11 is 5.57. The number of alkyl halides is 3. The summed E-state index contributed by atoms with van der Waals surface area (Å²) in [6.07, 6.45) is -2.31. The van der Waals surface area contributed by atoms with Crippen LogP contribution in [-0.4, -0.2) is 32.2 Å². The Hall–Kier alpha value is -2.58. The third kappa shape index (κ3) is 5.48. The highest BCUT2D eigenvalue weighted by molar-refractivity contribution is 6.31. The van der Waals surface area contributed by atoms with Gasteiger partial charge in [0.2, 0.25) is 5.91 Å². The van der Waals surface area contributed by atoms with Crippen molar-refractivity contribution in [1.29, 1.82) is 0 Å². The fourth-order valence-corrected chi connectivity index (χ4v) is 3.09. The van der Waals surface area contributed by atoms with Gasteiger partial charge < -0.3 is 15.0 Å². The van der Waals surface area contributed by atoms with E-state index in [1.54, 1.807) is 12.1 Å². The number of nitrogens with zero attached hydrogens (tertiary/aromatic N) is 1. The van der Waals surface area contributed by atoms with E-state index in [1.165, 1.54) is 18.2 Å². The average molecular weight is 429 g/mol. The van der Waals surface area contributed by atoms with Gasteiger partial charge in [-0.2, -0.15) is 13.2 Å². The minimum Gasteiger partial charge on any atom is -0.378 e. The molecule has 9 heteroatoms. The smallest absolute Gasteiger partial charge is 0.378 e. The van der Waals surface area contributed by atoms with E-state index >= 15 is 0 Å². The maximum atomic E-state index is 14.4. The van der Waals surface area contributed by atoms with Crippen molar-refractivity contribution >= 4 is 35.0 Å². The molecule has 0 spiro atoms. The number of carbonyl (C=O) groups is 1. The first-order chi connectivity index (χ1) is 13.7. The fraction of sp³-hybridized carbons (Fsp3) is 0.250. The molecule has 1 fully saturated rings.